The Balaban J connectivity index is 1.96. The summed E-state index contributed by atoms with van der Waals surface area (Å²) in [6.45, 7) is 1.11. The Morgan fingerprint density at radius 1 is 1.05 bits per heavy atom. The highest BCUT2D eigenvalue weighted by atomic mass is 35.5. The summed E-state index contributed by atoms with van der Waals surface area (Å²) < 4.78 is 39.8. The summed E-state index contributed by atoms with van der Waals surface area (Å²) in [5.41, 5.74) is 0.567. The summed E-state index contributed by atoms with van der Waals surface area (Å²) in [4.78, 5) is 28.3. The molecule has 0 spiro atoms. The second kappa shape index (κ2) is 12.7. The molecule has 202 valence electrons. The lowest BCUT2D eigenvalue weighted by Gasteiger charge is -2.33. The summed E-state index contributed by atoms with van der Waals surface area (Å²) >= 11 is 18.4. The van der Waals surface area contributed by atoms with Crippen LogP contribution in [0.15, 0.2) is 36.4 Å². The summed E-state index contributed by atoms with van der Waals surface area (Å²) in [5.74, 6) is -1.39. The van der Waals surface area contributed by atoms with Gasteiger partial charge >= 0.3 is 0 Å². The Kier molecular flexibility index (Phi) is 10.1. The molecule has 0 aromatic heterocycles. The molecular weight excluding hydrogens is 564 g/mol. The zero-order valence-corrected chi connectivity index (χ0v) is 23.6. The highest BCUT2D eigenvalue weighted by Gasteiger charge is 2.33. The number of benzene rings is 2. The van der Waals surface area contributed by atoms with E-state index in [0.717, 1.165) is 36.2 Å². The molecule has 1 aliphatic rings. The second-order valence-corrected chi connectivity index (χ2v) is 12.2. The van der Waals surface area contributed by atoms with Crippen LogP contribution in [-0.2, 0) is 26.2 Å². The third kappa shape index (κ3) is 7.72. The van der Waals surface area contributed by atoms with Crippen LogP contribution < -0.4 is 9.62 Å². The number of halogens is 4. The number of hydrogen-bond acceptors (Lipinski definition) is 4. The van der Waals surface area contributed by atoms with Crippen LogP contribution >= 0.6 is 34.8 Å². The van der Waals surface area contributed by atoms with E-state index in [1.54, 1.807) is 6.92 Å². The monoisotopic (exact) mass is 591 g/mol. The third-order valence-electron chi connectivity index (χ3n) is 6.29. The van der Waals surface area contributed by atoms with Crippen LogP contribution in [0.25, 0.3) is 0 Å². The van der Waals surface area contributed by atoms with E-state index in [4.69, 9.17) is 34.8 Å². The van der Waals surface area contributed by atoms with Gasteiger partial charge in [-0.25, -0.2) is 12.8 Å². The van der Waals surface area contributed by atoms with Crippen molar-refractivity contribution in [2.45, 2.75) is 57.7 Å². The maximum absolute atomic E-state index is 13.7. The zero-order chi connectivity index (χ0) is 27.3. The van der Waals surface area contributed by atoms with Crippen molar-refractivity contribution >= 4 is 62.3 Å². The Morgan fingerprint density at radius 3 is 2.22 bits per heavy atom. The number of hydrogen-bond donors (Lipinski definition) is 1. The average Bonchev–Trinajstić information content (AvgIpc) is 3.33. The predicted octanol–water partition coefficient (Wildman–Crippen LogP) is 5.42. The van der Waals surface area contributed by atoms with Gasteiger partial charge in [0, 0.05) is 12.6 Å². The van der Waals surface area contributed by atoms with Crippen molar-refractivity contribution < 1.29 is 22.4 Å². The maximum atomic E-state index is 13.7. The first-order valence-electron chi connectivity index (χ1n) is 11.9. The maximum Gasteiger partial charge on any atom is 0.244 e. The van der Waals surface area contributed by atoms with Gasteiger partial charge in [0.1, 0.15) is 18.4 Å². The number of sulfonamides is 1. The van der Waals surface area contributed by atoms with Gasteiger partial charge in [-0.15, -0.1) is 0 Å². The fraction of sp³-hybridized carbons (Fsp3) is 0.440. The first-order chi connectivity index (χ1) is 17.4. The van der Waals surface area contributed by atoms with Gasteiger partial charge in [0.2, 0.25) is 21.8 Å². The van der Waals surface area contributed by atoms with Crippen molar-refractivity contribution in [2.75, 3.05) is 17.1 Å². The van der Waals surface area contributed by atoms with Crippen molar-refractivity contribution in [3.05, 3.63) is 62.8 Å². The summed E-state index contributed by atoms with van der Waals surface area (Å²) in [7, 11) is -4.00. The number of rotatable bonds is 10. The fourth-order valence-electron chi connectivity index (χ4n) is 4.37. The van der Waals surface area contributed by atoms with E-state index >= 15 is 0 Å². The molecule has 12 heteroatoms. The van der Waals surface area contributed by atoms with E-state index in [1.807, 2.05) is 0 Å². The highest BCUT2D eigenvalue weighted by molar-refractivity contribution is 7.92. The molecule has 0 radical (unpaired) electrons. The lowest BCUT2D eigenvalue weighted by molar-refractivity contribution is -0.140. The number of amides is 2. The van der Waals surface area contributed by atoms with Gasteiger partial charge in [0.05, 0.1) is 27.0 Å². The molecule has 1 unspecified atom stereocenters. The van der Waals surface area contributed by atoms with E-state index in [2.05, 4.69) is 5.32 Å². The molecule has 0 aliphatic heterocycles. The highest BCUT2D eigenvalue weighted by Crippen LogP contribution is 2.35. The van der Waals surface area contributed by atoms with E-state index in [-0.39, 0.29) is 45.7 Å². The third-order valence-corrected chi connectivity index (χ3v) is 8.44. The number of carbonyl (C=O) groups is 2. The van der Waals surface area contributed by atoms with Gasteiger partial charge in [-0.2, -0.15) is 0 Å². The molecule has 1 saturated carbocycles. The summed E-state index contributed by atoms with van der Waals surface area (Å²) in [5, 5.41) is 3.20. The Bertz CT molecular complexity index is 1240. The van der Waals surface area contributed by atoms with Crippen molar-refractivity contribution in [2.24, 2.45) is 0 Å². The molecule has 2 aromatic carbocycles. The Morgan fingerprint density at radius 2 is 1.65 bits per heavy atom. The molecule has 1 fully saturated rings. The number of anilines is 1. The number of nitrogens with zero attached hydrogens (tertiary/aromatic N) is 2. The number of nitrogens with one attached hydrogen (secondary N) is 1. The second-order valence-electron chi connectivity index (χ2n) is 9.05. The minimum absolute atomic E-state index is 0.0104. The summed E-state index contributed by atoms with van der Waals surface area (Å²) in [6.07, 6.45) is 5.00. The van der Waals surface area contributed by atoms with E-state index in [0.29, 0.717) is 5.56 Å². The lowest BCUT2D eigenvalue weighted by atomic mass is 10.1. The van der Waals surface area contributed by atoms with Crippen molar-refractivity contribution in [3.8, 4) is 0 Å². The molecule has 7 nitrogen and oxygen atoms in total. The quantitative estimate of drug-likeness (QED) is 0.374. The lowest BCUT2D eigenvalue weighted by Crippen LogP contribution is -2.53. The topological polar surface area (TPSA) is 86.8 Å². The zero-order valence-electron chi connectivity index (χ0n) is 20.5. The molecule has 0 bridgehead atoms. The molecule has 1 N–H and O–H groups in total. The van der Waals surface area contributed by atoms with Crippen LogP contribution in [0.1, 0.15) is 44.6 Å². The molecule has 0 heterocycles. The molecule has 2 aromatic rings. The molecular formula is C25H29Cl3FN3O4S. The van der Waals surface area contributed by atoms with Gasteiger partial charge in [-0.05, 0) is 49.1 Å². The van der Waals surface area contributed by atoms with Gasteiger partial charge in [-0.1, -0.05) is 66.7 Å². The first-order valence-corrected chi connectivity index (χ1v) is 14.9. The Hall–Kier alpha value is -2.07. The molecule has 2 amide bonds. The Labute approximate surface area is 231 Å². The van der Waals surface area contributed by atoms with Crippen LogP contribution in [-0.4, -0.2) is 50.0 Å². The van der Waals surface area contributed by atoms with Gasteiger partial charge in [0.15, 0.2) is 0 Å². The van der Waals surface area contributed by atoms with Crippen LogP contribution in [0.3, 0.4) is 0 Å². The molecule has 0 saturated heterocycles. The van der Waals surface area contributed by atoms with Crippen LogP contribution in [0.5, 0.6) is 0 Å². The largest absolute Gasteiger partial charge is 0.352 e. The standard InChI is InChI=1S/C25H29Cl3FN3O4S/c1-3-22(25(34)30-18-6-4-5-7-18)31(14-16-8-10-17(29)11-9-16)24(33)15-32(37(2,35)36)23-13-20(27)19(26)12-21(23)28/h8-13,18,22H,3-7,14-15H2,1-2H3,(H,30,34). The van der Waals surface area contributed by atoms with Crippen molar-refractivity contribution in [3.63, 3.8) is 0 Å². The predicted molar refractivity (Wildman–Crippen MR) is 145 cm³/mol. The van der Waals surface area contributed by atoms with Crippen LogP contribution in [0.4, 0.5) is 10.1 Å². The molecule has 3 rings (SSSR count). The van der Waals surface area contributed by atoms with Gasteiger partial charge < -0.3 is 10.2 Å². The summed E-state index contributed by atoms with van der Waals surface area (Å²) in [6, 6.07) is 7.28. The van der Waals surface area contributed by atoms with Gasteiger partial charge in [-0.3, -0.25) is 13.9 Å². The minimum atomic E-state index is -4.00. The minimum Gasteiger partial charge on any atom is -0.352 e. The average molecular weight is 593 g/mol. The van der Waals surface area contributed by atoms with E-state index < -0.39 is 34.3 Å². The number of carbonyl (C=O) groups excluding carboxylic acids is 2. The van der Waals surface area contributed by atoms with Crippen LogP contribution in [0, 0.1) is 5.82 Å². The molecule has 1 aliphatic carbocycles. The van der Waals surface area contributed by atoms with E-state index in [1.165, 1.54) is 41.3 Å². The molecule has 1 atom stereocenters. The smallest absolute Gasteiger partial charge is 0.244 e. The van der Waals surface area contributed by atoms with Crippen molar-refractivity contribution in [1.82, 2.24) is 10.2 Å². The SMILES string of the molecule is CCC(C(=O)NC1CCCC1)N(Cc1ccc(F)cc1)C(=O)CN(c1cc(Cl)c(Cl)cc1Cl)S(C)(=O)=O. The normalized spacial score (nSPS) is 14.9. The van der Waals surface area contributed by atoms with Gasteiger partial charge in [0.25, 0.3) is 0 Å². The van der Waals surface area contributed by atoms with Crippen LogP contribution in [0.2, 0.25) is 15.1 Å². The van der Waals surface area contributed by atoms with E-state index in [9.17, 15) is 22.4 Å². The van der Waals surface area contributed by atoms with Crippen molar-refractivity contribution in [1.29, 1.82) is 0 Å². The molecule has 37 heavy (non-hydrogen) atoms. The first kappa shape index (κ1) is 29.5. The fourth-order valence-corrected chi connectivity index (χ4v) is 5.92.